The molecule has 2 heterocycles. The molecule has 6 heteroatoms. The molecule has 1 atom stereocenters. The van der Waals surface area contributed by atoms with Gasteiger partial charge in [-0.05, 0) is 20.9 Å². The largest absolute Gasteiger partial charge is 0.340 e. The zero-order valence-corrected chi connectivity index (χ0v) is 14.6. The topological polar surface area (TPSA) is 55.1 Å². The maximum atomic E-state index is 5.04. The summed E-state index contributed by atoms with van der Waals surface area (Å²) in [6, 6.07) is 10.5. The minimum absolute atomic E-state index is 0.240. The summed E-state index contributed by atoms with van der Waals surface area (Å²) in [4.78, 5) is 12.5. The molecule has 0 fully saturated rings. The molecule has 0 saturated carbocycles. The van der Waals surface area contributed by atoms with Gasteiger partial charge in [-0.3, -0.25) is 4.90 Å². The van der Waals surface area contributed by atoms with Crippen molar-refractivity contribution >= 4 is 11.3 Å². The molecule has 2 aromatic heterocycles. The van der Waals surface area contributed by atoms with Crippen molar-refractivity contribution in [1.29, 1.82) is 0 Å². The summed E-state index contributed by atoms with van der Waals surface area (Å²) in [5.74, 6) is 1.31. The van der Waals surface area contributed by atoms with Crippen LogP contribution in [0.3, 0.4) is 0 Å². The van der Waals surface area contributed by atoms with Crippen LogP contribution in [0.1, 0.15) is 35.3 Å². The van der Waals surface area contributed by atoms with E-state index in [0.29, 0.717) is 18.3 Å². The minimum atomic E-state index is 0.240. The number of hydrogen-bond donors (Lipinski definition) is 0. The molecule has 3 aromatic rings. The van der Waals surface area contributed by atoms with E-state index < -0.39 is 0 Å². The first-order valence-electron chi connectivity index (χ1n) is 7.56. The monoisotopic (exact) mass is 328 g/mol. The van der Waals surface area contributed by atoms with E-state index in [1.165, 1.54) is 4.88 Å². The molecule has 120 valence electrons. The van der Waals surface area contributed by atoms with Gasteiger partial charge in [0.2, 0.25) is 5.89 Å². The molecule has 0 saturated heterocycles. The second kappa shape index (κ2) is 6.60. The highest BCUT2D eigenvalue weighted by Crippen LogP contribution is 2.34. The van der Waals surface area contributed by atoms with E-state index in [4.69, 9.17) is 9.51 Å². The van der Waals surface area contributed by atoms with Crippen molar-refractivity contribution < 1.29 is 4.52 Å². The fraction of sp³-hybridized carbons (Fsp3) is 0.353. The zero-order valence-electron chi connectivity index (χ0n) is 13.8. The highest BCUT2D eigenvalue weighted by Gasteiger charge is 2.20. The first-order chi connectivity index (χ1) is 11.0. The summed E-state index contributed by atoms with van der Waals surface area (Å²) in [6.07, 6.45) is 0. The number of aromatic nitrogens is 3. The van der Waals surface area contributed by atoms with Gasteiger partial charge in [-0.2, -0.15) is 4.98 Å². The predicted molar refractivity (Wildman–Crippen MR) is 91.2 cm³/mol. The number of nitrogens with zero attached hydrogens (tertiary/aromatic N) is 4. The summed E-state index contributed by atoms with van der Waals surface area (Å²) in [6.45, 7) is 6.71. The molecule has 0 radical (unpaired) electrons. The van der Waals surface area contributed by atoms with E-state index in [-0.39, 0.29) is 6.04 Å². The van der Waals surface area contributed by atoms with Crippen molar-refractivity contribution in [3.63, 3.8) is 0 Å². The van der Waals surface area contributed by atoms with E-state index in [1.54, 1.807) is 18.3 Å². The first kappa shape index (κ1) is 15.8. The van der Waals surface area contributed by atoms with Crippen molar-refractivity contribution in [2.45, 2.75) is 33.4 Å². The molecule has 1 aromatic carbocycles. The van der Waals surface area contributed by atoms with Gasteiger partial charge < -0.3 is 4.52 Å². The molecule has 0 N–H and O–H groups in total. The van der Waals surface area contributed by atoms with Gasteiger partial charge in [-0.25, -0.2) is 4.98 Å². The van der Waals surface area contributed by atoms with Crippen LogP contribution in [-0.2, 0) is 6.54 Å². The molecule has 0 aliphatic heterocycles. The molecule has 0 aliphatic rings. The Morgan fingerprint density at radius 2 is 1.91 bits per heavy atom. The summed E-state index contributed by atoms with van der Waals surface area (Å²) in [5.41, 5.74) is 2.24. The van der Waals surface area contributed by atoms with Crippen molar-refractivity contribution in [1.82, 2.24) is 20.0 Å². The predicted octanol–water partition coefficient (Wildman–Crippen LogP) is 4.00. The third-order valence-electron chi connectivity index (χ3n) is 3.85. The van der Waals surface area contributed by atoms with Gasteiger partial charge in [-0.1, -0.05) is 35.5 Å². The SMILES string of the molecule is Cc1nc(CN(C)[C@H](C)c2sc(-c3ccccc3)nc2C)no1. The summed E-state index contributed by atoms with van der Waals surface area (Å²) >= 11 is 1.75. The Kier molecular flexibility index (Phi) is 4.54. The third kappa shape index (κ3) is 3.48. The zero-order chi connectivity index (χ0) is 16.4. The number of thiazole rings is 1. The average molecular weight is 328 g/mol. The van der Waals surface area contributed by atoms with Gasteiger partial charge >= 0.3 is 0 Å². The molecule has 3 rings (SSSR count). The molecular weight excluding hydrogens is 308 g/mol. The van der Waals surface area contributed by atoms with Crippen LogP contribution >= 0.6 is 11.3 Å². The molecule has 0 spiro atoms. The Balaban J connectivity index is 1.79. The van der Waals surface area contributed by atoms with Gasteiger partial charge in [0.1, 0.15) is 5.01 Å². The van der Waals surface area contributed by atoms with E-state index >= 15 is 0 Å². The van der Waals surface area contributed by atoms with E-state index in [0.717, 1.165) is 16.3 Å². The lowest BCUT2D eigenvalue weighted by Gasteiger charge is -2.22. The van der Waals surface area contributed by atoms with E-state index in [1.807, 2.05) is 18.2 Å². The van der Waals surface area contributed by atoms with Crippen molar-refractivity contribution in [3.05, 3.63) is 52.6 Å². The Hall–Kier alpha value is -2.05. The lowest BCUT2D eigenvalue weighted by atomic mass is 10.2. The second-order valence-electron chi connectivity index (χ2n) is 5.66. The van der Waals surface area contributed by atoms with Crippen LogP contribution in [0.2, 0.25) is 0 Å². The quantitative estimate of drug-likeness (QED) is 0.708. The van der Waals surface area contributed by atoms with Crippen molar-refractivity contribution in [2.75, 3.05) is 7.05 Å². The lowest BCUT2D eigenvalue weighted by molar-refractivity contribution is 0.244. The third-order valence-corrected chi connectivity index (χ3v) is 5.23. The van der Waals surface area contributed by atoms with Crippen LogP contribution < -0.4 is 0 Å². The molecule has 0 bridgehead atoms. The Morgan fingerprint density at radius 1 is 1.17 bits per heavy atom. The van der Waals surface area contributed by atoms with Gasteiger partial charge in [0.15, 0.2) is 5.82 Å². The van der Waals surface area contributed by atoms with Crippen molar-refractivity contribution in [3.8, 4) is 10.6 Å². The van der Waals surface area contributed by atoms with Crippen LogP contribution in [-0.4, -0.2) is 27.1 Å². The Labute approximate surface area is 140 Å². The number of rotatable bonds is 5. The van der Waals surface area contributed by atoms with Gasteiger partial charge in [0.05, 0.1) is 12.2 Å². The summed E-state index contributed by atoms with van der Waals surface area (Å²) < 4.78 is 5.04. The molecular formula is C17H20N4OS. The minimum Gasteiger partial charge on any atom is -0.340 e. The van der Waals surface area contributed by atoms with Crippen LogP contribution in [0.5, 0.6) is 0 Å². The van der Waals surface area contributed by atoms with Crippen LogP contribution in [0.15, 0.2) is 34.9 Å². The average Bonchev–Trinajstić information content (AvgIpc) is 3.13. The highest BCUT2D eigenvalue weighted by molar-refractivity contribution is 7.15. The van der Waals surface area contributed by atoms with Crippen LogP contribution in [0, 0.1) is 13.8 Å². The van der Waals surface area contributed by atoms with E-state index in [9.17, 15) is 0 Å². The Bertz CT molecular complexity index is 781. The molecule has 5 nitrogen and oxygen atoms in total. The molecule has 23 heavy (non-hydrogen) atoms. The normalized spacial score (nSPS) is 12.7. The summed E-state index contributed by atoms with van der Waals surface area (Å²) in [5, 5.41) is 5.03. The van der Waals surface area contributed by atoms with Crippen LogP contribution in [0.4, 0.5) is 0 Å². The van der Waals surface area contributed by atoms with Gasteiger partial charge in [0, 0.05) is 23.4 Å². The van der Waals surface area contributed by atoms with Gasteiger partial charge in [-0.15, -0.1) is 11.3 Å². The molecule has 0 aliphatic carbocycles. The fourth-order valence-electron chi connectivity index (χ4n) is 2.47. The van der Waals surface area contributed by atoms with E-state index in [2.05, 4.69) is 48.1 Å². The highest BCUT2D eigenvalue weighted by atomic mass is 32.1. The van der Waals surface area contributed by atoms with Crippen LogP contribution in [0.25, 0.3) is 10.6 Å². The molecule has 0 amide bonds. The number of hydrogen-bond acceptors (Lipinski definition) is 6. The van der Waals surface area contributed by atoms with Gasteiger partial charge in [0.25, 0.3) is 0 Å². The number of benzene rings is 1. The maximum Gasteiger partial charge on any atom is 0.223 e. The lowest BCUT2D eigenvalue weighted by Crippen LogP contribution is -2.22. The van der Waals surface area contributed by atoms with Crippen molar-refractivity contribution in [2.24, 2.45) is 0 Å². The number of aryl methyl sites for hydroxylation is 2. The fourth-order valence-corrected chi connectivity index (χ4v) is 3.65. The Morgan fingerprint density at radius 3 is 2.57 bits per heavy atom. The second-order valence-corrected chi connectivity index (χ2v) is 6.69. The smallest absolute Gasteiger partial charge is 0.223 e. The first-order valence-corrected chi connectivity index (χ1v) is 8.38. The summed E-state index contributed by atoms with van der Waals surface area (Å²) in [7, 11) is 2.07. The maximum absolute atomic E-state index is 5.04. The molecule has 0 unspecified atom stereocenters. The standard InChI is InChI=1S/C17H20N4OS/c1-11-16(23-17(18-11)14-8-6-5-7-9-14)12(2)21(4)10-15-19-13(3)22-20-15/h5-9,12H,10H2,1-4H3/t12-/m1/s1.